The summed E-state index contributed by atoms with van der Waals surface area (Å²) in [6.45, 7) is 0.166. The van der Waals surface area contributed by atoms with E-state index in [0.29, 0.717) is 13.0 Å². The van der Waals surface area contributed by atoms with Crippen LogP contribution in [0.3, 0.4) is 0 Å². The molecule has 0 radical (unpaired) electrons. The van der Waals surface area contributed by atoms with E-state index in [1.165, 1.54) is 0 Å². The number of carbonyl (C=O) groups is 1. The van der Waals surface area contributed by atoms with Crippen LogP contribution < -0.4 is 34.7 Å². The van der Waals surface area contributed by atoms with Crippen LogP contribution in [0.5, 0.6) is 0 Å². The molecule has 0 spiro atoms. The molecule has 1 atom stereocenters. The molecule has 0 fully saturated rings. The molecule has 0 aliphatic heterocycles. The van der Waals surface area contributed by atoms with Crippen molar-refractivity contribution in [2.75, 3.05) is 6.61 Å². The van der Waals surface area contributed by atoms with Gasteiger partial charge in [-0.1, -0.05) is 60.7 Å². The summed E-state index contributed by atoms with van der Waals surface area (Å²) in [6.07, 6.45) is 0.729. The SMILES string of the molecule is O=C(O)C(COCc1ccccc1)N=C([O-])CCc1ccccc1.[Na+]. The van der Waals surface area contributed by atoms with Crippen LogP contribution in [0.2, 0.25) is 0 Å². The fourth-order valence-corrected chi connectivity index (χ4v) is 2.16. The van der Waals surface area contributed by atoms with Gasteiger partial charge >= 0.3 is 35.5 Å². The number of aliphatic imine (C=N–C) groups is 1. The van der Waals surface area contributed by atoms with Gasteiger partial charge < -0.3 is 14.9 Å². The minimum atomic E-state index is -1.17. The van der Waals surface area contributed by atoms with Crippen molar-refractivity contribution in [2.45, 2.75) is 25.5 Å². The molecule has 126 valence electrons. The van der Waals surface area contributed by atoms with Gasteiger partial charge in [0, 0.05) is 0 Å². The van der Waals surface area contributed by atoms with Gasteiger partial charge in [0.05, 0.1) is 13.2 Å². The average Bonchev–Trinajstić information content (AvgIpc) is 2.61. The van der Waals surface area contributed by atoms with Crippen LogP contribution in [0, 0.1) is 0 Å². The minimum Gasteiger partial charge on any atom is -0.862 e. The van der Waals surface area contributed by atoms with Gasteiger partial charge in [0.25, 0.3) is 0 Å². The number of nitrogens with zero attached hydrogens (tertiary/aromatic N) is 1. The number of carboxylic acid groups (broad SMARTS) is 1. The van der Waals surface area contributed by atoms with E-state index in [1.807, 2.05) is 60.7 Å². The Bertz CT molecular complexity index is 662. The fourth-order valence-electron chi connectivity index (χ4n) is 2.16. The summed E-state index contributed by atoms with van der Waals surface area (Å²) in [7, 11) is 0. The van der Waals surface area contributed by atoms with Crippen LogP contribution in [0.4, 0.5) is 0 Å². The van der Waals surface area contributed by atoms with Crippen molar-refractivity contribution in [3.05, 3.63) is 71.8 Å². The summed E-state index contributed by atoms with van der Waals surface area (Å²) in [6, 6.07) is 17.8. The first kappa shape index (κ1) is 21.4. The second kappa shape index (κ2) is 11.8. The van der Waals surface area contributed by atoms with Crippen molar-refractivity contribution in [2.24, 2.45) is 4.99 Å². The zero-order chi connectivity index (χ0) is 17.2. The number of hydrogen-bond acceptors (Lipinski definition) is 4. The summed E-state index contributed by atoms with van der Waals surface area (Å²) in [4.78, 5) is 15.0. The van der Waals surface area contributed by atoms with E-state index in [1.54, 1.807) is 0 Å². The molecule has 0 aromatic heterocycles. The molecule has 0 amide bonds. The molecular formula is C19H20NNaO4. The Morgan fingerprint density at radius 1 is 1.04 bits per heavy atom. The number of carboxylic acids is 1. The van der Waals surface area contributed by atoms with Gasteiger partial charge in [-0.3, -0.25) is 4.99 Å². The molecule has 0 aliphatic carbocycles. The summed E-state index contributed by atoms with van der Waals surface area (Å²) in [5.41, 5.74) is 1.96. The molecule has 0 saturated heterocycles. The predicted octanol–water partition coefficient (Wildman–Crippen LogP) is -0.948. The molecule has 1 unspecified atom stereocenters. The van der Waals surface area contributed by atoms with Crippen molar-refractivity contribution in [3.63, 3.8) is 0 Å². The zero-order valence-electron chi connectivity index (χ0n) is 14.3. The molecule has 6 heteroatoms. The third-order valence-electron chi connectivity index (χ3n) is 3.44. The number of benzene rings is 2. The topological polar surface area (TPSA) is 82.0 Å². The Balaban J connectivity index is 0.00000312. The Labute approximate surface area is 169 Å². The number of hydrogen-bond donors (Lipinski definition) is 1. The Morgan fingerprint density at radius 2 is 1.60 bits per heavy atom. The minimum absolute atomic E-state index is 0. The standard InChI is InChI=1S/C19H21NO4.Na/c21-18(12-11-15-7-3-1-4-8-15)20-17(19(22)23)14-24-13-16-9-5-2-6-10-16;/h1-10,17H,11-14H2,(H,20,21)(H,22,23);/q;+1/p-1. The summed E-state index contributed by atoms with van der Waals surface area (Å²) >= 11 is 0. The van der Waals surface area contributed by atoms with Gasteiger partial charge in [0.15, 0.2) is 6.04 Å². The van der Waals surface area contributed by atoms with Crippen molar-refractivity contribution in [3.8, 4) is 0 Å². The van der Waals surface area contributed by atoms with Gasteiger partial charge in [-0.25, -0.2) is 4.79 Å². The molecule has 2 aromatic carbocycles. The Hall–Kier alpha value is -1.66. The maximum absolute atomic E-state index is 11.9. The zero-order valence-corrected chi connectivity index (χ0v) is 16.3. The van der Waals surface area contributed by atoms with Crippen LogP contribution in [-0.4, -0.2) is 29.6 Å². The molecule has 25 heavy (non-hydrogen) atoms. The first-order valence-electron chi connectivity index (χ1n) is 7.77. The second-order valence-electron chi connectivity index (χ2n) is 5.36. The van der Waals surface area contributed by atoms with Crippen LogP contribution >= 0.6 is 0 Å². The summed E-state index contributed by atoms with van der Waals surface area (Å²) in [5, 5.41) is 21.1. The molecular weight excluding hydrogens is 329 g/mol. The average molecular weight is 349 g/mol. The first-order chi connectivity index (χ1) is 11.6. The fraction of sp³-hybridized carbons (Fsp3) is 0.263. The second-order valence-corrected chi connectivity index (χ2v) is 5.36. The molecule has 1 N–H and O–H groups in total. The van der Waals surface area contributed by atoms with Crippen molar-refractivity contribution < 1.29 is 49.3 Å². The van der Waals surface area contributed by atoms with E-state index in [0.717, 1.165) is 11.1 Å². The van der Waals surface area contributed by atoms with Crippen molar-refractivity contribution in [1.29, 1.82) is 0 Å². The van der Waals surface area contributed by atoms with E-state index in [-0.39, 0.29) is 42.6 Å². The van der Waals surface area contributed by atoms with Gasteiger partial charge in [0.1, 0.15) is 0 Å². The Morgan fingerprint density at radius 3 is 2.16 bits per heavy atom. The van der Waals surface area contributed by atoms with Crippen LogP contribution in [0.15, 0.2) is 65.7 Å². The van der Waals surface area contributed by atoms with Crippen molar-refractivity contribution >= 4 is 11.9 Å². The van der Waals surface area contributed by atoms with Gasteiger partial charge in [-0.2, -0.15) is 0 Å². The number of aliphatic carboxylic acids is 1. The van der Waals surface area contributed by atoms with E-state index < -0.39 is 17.9 Å². The third-order valence-corrected chi connectivity index (χ3v) is 3.44. The van der Waals surface area contributed by atoms with Crippen LogP contribution in [0.25, 0.3) is 0 Å². The quantitative estimate of drug-likeness (QED) is 0.360. The normalized spacial score (nSPS) is 12.2. The monoisotopic (exact) mass is 349 g/mol. The van der Waals surface area contributed by atoms with Crippen molar-refractivity contribution in [1.82, 2.24) is 0 Å². The number of rotatable bonds is 9. The first-order valence-corrected chi connectivity index (χ1v) is 7.77. The van der Waals surface area contributed by atoms with Crippen LogP contribution in [0.1, 0.15) is 17.5 Å². The smallest absolute Gasteiger partial charge is 0.862 e. The summed E-state index contributed by atoms with van der Waals surface area (Å²) < 4.78 is 5.38. The molecule has 0 bridgehead atoms. The third kappa shape index (κ3) is 8.31. The van der Waals surface area contributed by atoms with Gasteiger partial charge in [0.2, 0.25) is 0 Å². The van der Waals surface area contributed by atoms with Gasteiger partial charge in [-0.05, 0) is 29.9 Å². The van der Waals surface area contributed by atoms with E-state index >= 15 is 0 Å². The van der Waals surface area contributed by atoms with E-state index in [2.05, 4.69) is 4.99 Å². The molecule has 0 saturated carbocycles. The summed E-state index contributed by atoms with van der Waals surface area (Å²) in [5.74, 6) is -1.58. The Kier molecular flexibility index (Phi) is 10.1. The largest absolute Gasteiger partial charge is 1.00 e. The van der Waals surface area contributed by atoms with Crippen LogP contribution in [-0.2, 0) is 22.6 Å². The molecule has 0 heterocycles. The predicted molar refractivity (Wildman–Crippen MR) is 89.7 cm³/mol. The number of ether oxygens (including phenoxy) is 1. The molecule has 5 nitrogen and oxygen atoms in total. The molecule has 0 aliphatic rings. The number of aryl methyl sites for hydroxylation is 1. The van der Waals surface area contributed by atoms with E-state index in [4.69, 9.17) is 4.74 Å². The maximum atomic E-state index is 11.9. The molecule has 2 aromatic rings. The van der Waals surface area contributed by atoms with Gasteiger partial charge in [-0.15, -0.1) is 0 Å². The maximum Gasteiger partial charge on any atom is 1.00 e. The van der Waals surface area contributed by atoms with E-state index in [9.17, 15) is 15.0 Å². The molecule has 2 rings (SSSR count).